The lowest BCUT2D eigenvalue weighted by atomic mass is 9.98. The van der Waals surface area contributed by atoms with E-state index in [9.17, 15) is 4.79 Å². The fourth-order valence-corrected chi connectivity index (χ4v) is 1.43. The van der Waals surface area contributed by atoms with E-state index in [0.29, 0.717) is 0 Å². The van der Waals surface area contributed by atoms with Crippen LogP contribution >= 0.6 is 0 Å². The molecule has 0 fully saturated rings. The van der Waals surface area contributed by atoms with E-state index >= 15 is 0 Å². The second-order valence-electron chi connectivity index (χ2n) is 3.19. The van der Waals surface area contributed by atoms with E-state index in [1.165, 1.54) is 0 Å². The summed E-state index contributed by atoms with van der Waals surface area (Å²) in [6.07, 6.45) is 8.68. The number of carbonyl (C=O) groups excluding carboxylic acids is 1. The largest absolute Gasteiger partial charge is 0.289 e. The van der Waals surface area contributed by atoms with Crippen molar-refractivity contribution in [1.82, 2.24) is 0 Å². The Balaban J connectivity index is 2.25. The number of benzene rings is 1. The lowest BCUT2D eigenvalue weighted by Gasteiger charge is -2.05. The highest BCUT2D eigenvalue weighted by Crippen LogP contribution is 2.14. The summed E-state index contributed by atoms with van der Waals surface area (Å²) in [5, 5.41) is 0. The minimum absolute atomic E-state index is 0.0952. The third-order valence-electron chi connectivity index (χ3n) is 2.17. The van der Waals surface area contributed by atoms with Crippen molar-refractivity contribution >= 4 is 5.78 Å². The molecular weight excluding hydrogens is 172 g/mol. The number of allylic oxidation sites excluding steroid dienone is 4. The maximum atomic E-state index is 11.9. The normalized spacial score (nSPS) is 15.0. The first kappa shape index (κ1) is 8.95. The Labute approximate surface area is 83.8 Å². The van der Waals surface area contributed by atoms with Gasteiger partial charge in [-0.1, -0.05) is 48.6 Å². The smallest absolute Gasteiger partial charge is 0.192 e. The van der Waals surface area contributed by atoms with Crippen LogP contribution in [-0.2, 0) is 0 Å². The Bertz CT molecular complexity index is 385. The first-order valence-corrected chi connectivity index (χ1v) is 4.68. The fraction of sp³-hybridized carbons (Fsp3) is 0.0769. The van der Waals surface area contributed by atoms with Crippen molar-refractivity contribution in [2.24, 2.45) is 0 Å². The Morgan fingerprint density at radius 1 is 1.14 bits per heavy atom. The molecule has 0 amide bonds. The molecule has 1 heteroatoms. The van der Waals surface area contributed by atoms with Gasteiger partial charge in [0.25, 0.3) is 0 Å². The molecule has 0 aromatic heterocycles. The molecule has 0 atom stereocenters. The lowest BCUT2D eigenvalue weighted by Crippen LogP contribution is -2.02. The van der Waals surface area contributed by atoms with Crippen LogP contribution < -0.4 is 0 Å². The highest BCUT2D eigenvalue weighted by atomic mass is 16.1. The first-order chi connectivity index (χ1) is 6.88. The van der Waals surface area contributed by atoms with Gasteiger partial charge in [-0.05, 0) is 12.8 Å². The van der Waals surface area contributed by atoms with Crippen LogP contribution in [0.3, 0.4) is 0 Å². The molecule has 0 saturated carbocycles. The molecule has 0 heterocycles. The Morgan fingerprint density at radius 2 is 1.93 bits per heavy atom. The van der Waals surface area contributed by atoms with E-state index in [-0.39, 0.29) is 5.78 Å². The topological polar surface area (TPSA) is 17.1 Å². The number of carbonyl (C=O) groups is 1. The highest BCUT2D eigenvalue weighted by molar-refractivity contribution is 6.10. The molecule has 1 aliphatic carbocycles. The van der Waals surface area contributed by atoms with E-state index in [1.54, 1.807) is 0 Å². The van der Waals surface area contributed by atoms with Gasteiger partial charge in [0.2, 0.25) is 0 Å². The molecule has 0 unspecified atom stereocenters. The van der Waals surface area contributed by atoms with Gasteiger partial charge in [0.05, 0.1) is 0 Å². The van der Waals surface area contributed by atoms with Gasteiger partial charge in [0, 0.05) is 11.1 Å². The molecule has 0 saturated heterocycles. The summed E-state index contributed by atoms with van der Waals surface area (Å²) in [5.41, 5.74) is 1.51. The molecule has 1 aliphatic rings. The summed E-state index contributed by atoms with van der Waals surface area (Å²) in [4.78, 5) is 11.9. The van der Waals surface area contributed by atoms with Crippen LogP contribution in [0, 0.1) is 6.42 Å². The molecule has 2 rings (SSSR count). The van der Waals surface area contributed by atoms with Gasteiger partial charge in [-0.15, -0.1) is 0 Å². The van der Waals surface area contributed by atoms with Crippen molar-refractivity contribution in [2.45, 2.75) is 6.42 Å². The summed E-state index contributed by atoms with van der Waals surface area (Å²) in [5.74, 6) is 0.0952. The van der Waals surface area contributed by atoms with Crippen molar-refractivity contribution in [2.75, 3.05) is 0 Å². The minimum Gasteiger partial charge on any atom is -0.289 e. The molecule has 1 aromatic carbocycles. The summed E-state index contributed by atoms with van der Waals surface area (Å²) in [6, 6.07) is 9.35. The number of ketones is 1. The molecule has 0 N–H and O–H groups in total. The molecule has 1 aromatic rings. The zero-order chi connectivity index (χ0) is 9.80. The third-order valence-corrected chi connectivity index (χ3v) is 2.17. The van der Waals surface area contributed by atoms with Crippen molar-refractivity contribution in [3.8, 4) is 0 Å². The van der Waals surface area contributed by atoms with E-state index in [4.69, 9.17) is 0 Å². The molecule has 69 valence electrons. The zero-order valence-electron chi connectivity index (χ0n) is 7.81. The monoisotopic (exact) mass is 183 g/mol. The van der Waals surface area contributed by atoms with Gasteiger partial charge in [-0.3, -0.25) is 4.79 Å². The first-order valence-electron chi connectivity index (χ1n) is 4.68. The van der Waals surface area contributed by atoms with E-state index < -0.39 is 0 Å². The fourth-order valence-electron chi connectivity index (χ4n) is 1.43. The maximum Gasteiger partial charge on any atom is 0.192 e. The summed E-state index contributed by atoms with van der Waals surface area (Å²) >= 11 is 0. The van der Waals surface area contributed by atoms with Crippen molar-refractivity contribution in [3.05, 3.63) is 66.1 Å². The average Bonchev–Trinajstić information content (AvgIpc) is 2.30. The van der Waals surface area contributed by atoms with Crippen LogP contribution in [0.1, 0.15) is 16.8 Å². The summed E-state index contributed by atoms with van der Waals surface area (Å²) in [7, 11) is 0. The molecular formula is C13H11O. The maximum absolute atomic E-state index is 11.9. The second kappa shape index (κ2) is 4.05. The van der Waals surface area contributed by atoms with Gasteiger partial charge in [-0.2, -0.15) is 0 Å². The third kappa shape index (κ3) is 1.82. The predicted octanol–water partition coefficient (Wildman–Crippen LogP) is 2.96. The average molecular weight is 183 g/mol. The van der Waals surface area contributed by atoms with Crippen LogP contribution in [0.15, 0.2) is 54.1 Å². The van der Waals surface area contributed by atoms with Crippen molar-refractivity contribution < 1.29 is 4.79 Å². The number of rotatable bonds is 2. The lowest BCUT2D eigenvalue weighted by molar-refractivity contribution is 0.103. The number of hydrogen-bond donors (Lipinski definition) is 0. The van der Waals surface area contributed by atoms with Crippen molar-refractivity contribution in [3.63, 3.8) is 0 Å². The molecule has 1 nitrogen and oxygen atoms in total. The van der Waals surface area contributed by atoms with Gasteiger partial charge in [0.1, 0.15) is 0 Å². The summed E-state index contributed by atoms with van der Waals surface area (Å²) < 4.78 is 0. The Morgan fingerprint density at radius 3 is 2.57 bits per heavy atom. The Hall–Kier alpha value is -1.63. The Kier molecular flexibility index (Phi) is 2.59. The van der Waals surface area contributed by atoms with Gasteiger partial charge in [0.15, 0.2) is 5.78 Å². The second-order valence-corrected chi connectivity index (χ2v) is 3.19. The van der Waals surface area contributed by atoms with Crippen LogP contribution in [0.2, 0.25) is 0 Å². The minimum atomic E-state index is 0.0952. The standard InChI is InChI=1S/C13H11O/c14-13(11-7-3-1-4-8-11)12-9-5-2-6-10-12/h1,3-10H,2H2. The van der Waals surface area contributed by atoms with Crippen LogP contribution in [0.5, 0.6) is 0 Å². The highest BCUT2D eigenvalue weighted by Gasteiger charge is 2.09. The van der Waals surface area contributed by atoms with Gasteiger partial charge >= 0.3 is 0 Å². The number of Topliss-reactive ketones (excluding diaryl/α,β-unsaturated/α-hetero) is 1. The molecule has 0 spiro atoms. The molecule has 1 radical (unpaired) electrons. The summed E-state index contributed by atoms with van der Waals surface area (Å²) in [6.45, 7) is 0. The van der Waals surface area contributed by atoms with Crippen LogP contribution in [-0.4, -0.2) is 5.78 Å². The van der Waals surface area contributed by atoms with Gasteiger partial charge in [-0.25, -0.2) is 0 Å². The zero-order valence-corrected chi connectivity index (χ0v) is 7.81. The quantitative estimate of drug-likeness (QED) is 0.644. The molecule has 0 aliphatic heterocycles. The van der Waals surface area contributed by atoms with Gasteiger partial charge < -0.3 is 0 Å². The van der Waals surface area contributed by atoms with E-state index in [1.807, 2.05) is 55.0 Å². The van der Waals surface area contributed by atoms with Crippen LogP contribution in [0.25, 0.3) is 0 Å². The number of hydrogen-bond acceptors (Lipinski definition) is 1. The van der Waals surface area contributed by atoms with E-state index in [0.717, 1.165) is 17.6 Å². The molecule has 14 heavy (non-hydrogen) atoms. The SMILES string of the molecule is O=C(C1=C[CH]CC=C1)c1ccccc1. The predicted molar refractivity (Wildman–Crippen MR) is 56.9 cm³/mol. The van der Waals surface area contributed by atoms with Crippen molar-refractivity contribution in [1.29, 1.82) is 0 Å². The molecule has 0 bridgehead atoms. The van der Waals surface area contributed by atoms with E-state index in [2.05, 4.69) is 0 Å². The van der Waals surface area contributed by atoms with Crippen LogP contribution in [0.4, 0.5) is 0 Å².